The Hall–Kier alpha value is -2.50. The molecule has 23 heavy (non-hydrogen) atoms. The predicted octanol–water partition coefficient (Wildman–Crippen LogP) is 2.86. The van der Waals surface area contributed by atoms with E-state index in [2.05, 4.69) is 0 Å². The molecular weight excluding hydrogens is 296 g/mol. The lowest BCUT2D eigenvalue weighted by Crippen LogP contribution is -2.42. The van der Waals surface area contributed by atoms with Gasteiger partial charge in [-0.1, -0.05) is 24.3 Å². The first-order chi connectivity index (χ1) is 10.7. The van der Waals surface area contributed by atoms with Crippen molar-refractivity contribution in [1.82, 2.24) is 4.90 Å². The molecule has 0 bridgehead atoms. The zero-order valence-corrected chi connectivity index (χ0v) is 13.6. The summed E-state index contributed by atoms with van der Waals surface area (Å²) in [6.45, 7) is 6.99. The van der Waals surface area contributed by atoms with Crippen molar-refractivity contribution in [2.45, 2.75) is 45.6 Å². The third kappa shape index (κ3) is 2.34. The van der Waals surface area contributed by atoms with Gasteiger partial charge in [-0.25, -0.2) is 4.79 Å². The first kappa shape index (κ1) is 15.4. The molecule has 2 heterocycles. The van der Waals surface area contributed by atoms with Gasteiger partial charge < -0.3 is 19.5 Å². The molecule has 0 amide bonds. The van der Waals surface area contributed by atoms with Crippen LogP contribution in [0.25, 0.3) is 0 Å². The average molecular weight is 316 g/mol. The second-order valence-corrected chi connectivity index (χ2v) is 6.45. The fourth-order valence-corrected chi connectivity index (χ4v) is 3.12. The first-order valence-electron chi connectivity index (χ1n) is 7.54. The highest BCUT2D eigenvalue weighted by Crippen LogP contribution is 2.43. The zero-order valence-electron chi connectivity index (χ0n) is 13.6. The Morgan fingerprint density at radius 3 is 2.52 bits per heavy atom. The third-order valence-corrected chi connectivity index (χ3v) is 4.01. The molecule has 0 spiro atoms. The number of benzene rings is 1. The lowest BCUT2D eigenvalue weighted by Gasteiger charge is -2.36. The van der Waals surface area contributed by atoms with Gasteiger partial charge in [0.2, 0.25) is 0 Å². The van der Waals surface area contributed by atoms with Crippen LogP contribution in [0.3, 0.4) is 0 Å². The molecule has 122 valence electrons. The number of aliphatic hydroxyl groups is 1. The van der Waals surface area contributed by atoms with Crippen LogP contribution in [0.1, 0.15) is 44.9 Å². The maximum absolute atomic E-state index is 12.5. The molecule has 0 radical (unpaired) electrons. The van der Waals surface area contributed by atoms with Gasteiger partial charge in [0.05, 0.1) is 6.04 Å². The van der Waals surface area contributed by atoms with Crippen LogP contribution in [-0.2, 0) is 14.3 Å². The molecule has 1 aromatic rings. The summed E-state index contributed by atoms with van der Waals surface area (Å²) in [7, 11) is 0. The van der Waals surface area contributed by atoms with Gasteiger partial charge in [0.15, 0.2) is 0 Å². The maximum atomic E-state index is 12.5. The Morgan fingerprint density at radius 2 is 1.91 bits per heavy atom. The molecule has 0 aliphatic carbocycles. The van der Waals surface area contributed by atoms with Crippen molar-refractivity contribution in [3.05, 3.63) is 46.9 Å². The van der Waals surface area contributed by atoms with Gasteiger partial charge in [-0.3, -0.25) is 5.41 Å². The van der Waals surface area contributed by atoms with Crippen LogP contribution in [0.15, 0.2) is 35.8 Å². The number of hydrogen-bond donors (Lipinski definition) is 2. The minimum atomic E-state index is -1.21. The molecule has 1 aromatic carbocycles. The van der Waals surface area contributed by atoms with Crippen LogP contribution in [0.2, 0.25) is 0 Å². The van der Waals surface area contributed by atoms with E-state index in [9.17, 15) is 9.90 Å². The Morgan fingerprint density at radius 1 is 1.26 bits per heavy atom. The standard InChI is InChI=1S/C17H20N2O4/c1-9(2)19-13(10-7-5-6-8-11(10)14(19)18)12-15(20)22-17(3,4)23-16(12)21/h5-9,13,18,20H,1-4H3. The minimum Gasteiger partial charge on any atom is -0.480 e. The molecule has 0 aromatic heterocycles. The zero-order chi connectivity index (χ0) is 16.9. The second-order valence-electron chi connectivity index (χ2n) is 6.45. The number of rotatable bonds is 2. The summed E-state index contributed by atoms with van der Waals surface area (Å²) in [5, 5.41) is 18.7. The van der Waals surface area contributed by atoms with E-state index in [0.717, 1.165) is 11.1 Å². The van der Waals surface area contributed by atoms with Gasteiger partial charge in [0.1, 0.15) is 11.4 Å². The predicted molar refractivity (Wildman–Crippen MR) is 83.9 cm³/mol. The molecule has 6 nitrogen and oxygen atoms in total. The summed E-state index contributed by atoms with van der Waals surface area (Å²) < 4.78 is 10.6. The summed E-state index contributed by atoms with van der Waals surface area (Å²) in [4.78, 5) is 14.3. The number of hydrogen-bond acceptors (Lipinski definition) is 5. The molecule has 3 rings (SSSR count). The second kappa shape index (κ2) is 5.01. The number of carbonyl (C=O) groups excluding carboxylic acids is 1. The van der Waals surface area contributed by atoms with Crippen LogP contribution < -0.4 is 0 Å². The Labute approximate surface area is 134 Å². The van der Waals surface area contributed by atoms with E-state index in [-0.39, 0.29) is 11.6 Å². The van der Waals surface area contributed by atoms with E-state index >= 15 is 0 Å². The average Bonchev–Trinajstić information content (AvgIpc) is 2.71. The normalized spacial score (nSPS) is 23.0. The van der Waals surface area contributed by atoms with Crippen molar-refractivity contribution in [2.24, 2.45) is 0 Å². The molecule has 0 saturated heterocycles. The van der Waals surface area contributed by atoms with E-state index in [0.29, 0.717) is 5.84 Å². The van der Waals surface area contributed by atoms with Gasteiger partial charge in [0.25, 0.3) is 11.7 Å². The molecule has 2 aliphatic rings. The summed E-state index contributed by atoms with van der Waals surface area (Å²) in [6.07, 6.45) is 0. The highest BCUT2D eigenvalue weighted by atomic mass is 16.8. The van der Waals surface area contributed by atoms with Gasteiger partial charge >= 0.3 is 5.97 Å². The quantitative estimate of drug-likeness (QED) is 0.820. The smallest absolute Gasteiger partial charge is 0.347 e. The molecule has 2 N–H and O–H groups in total. The Bertz CT molecular complexity index is 721. The van der Waals surface area contributed by atoms with E-state index in [1.807, 2.05) is 38.1 Å². The SMILES string of the molecule is CC(C)N1C(=N)c2ccccc2C1C1=C(O)OC(C)(C)OC1=O. The summed E-state index contributed by atoms with van der Waals surface area (Å²) >= 11 is 0. The van der Waals surface area contributed by atoms with Crippen molar-refractivity contribution in [1.29, 1.82) is 5.41 Å². The summed E-state index contributed by atoms with van der Waals surface area (Å²) in [6, 6.07) is 6.75. The van der Waals surface area contributed by atoms with Crippen molar-refractivity contribution in [2.75, 3.05) is 0 Å². The monoisotopic (exact) mass is 316 g/mol. The van der Waals surface area contributed by atoms with Gasteiger partial charge in [-0.2, -0.15) is 0 Å². The largest absolute Gasteiger partial charge is 0.480 e. The van der Waals surface area contributed by atoms with E-state index in [4.69, 9.17) is 14.9 Å². The molecule has 1 unspecified atom stereocenters. The number of aliphatic hydroxyl groups excluding tert-OH is 1. The highest BCUT2D eigenvalue weighted by Gasteiger charge is 2.47. The van der Waals surface area contributed by atoms with Crippen molar-refractivity contribution in [3.8, 4) is 0 Å². The number of carbonyl (C=O) groups is 1. The van der Waals surface area contributed by atoms with Gasteiger partial charge in [0, 0.05) is 25.5 Å². The van der Waals surface area contributed by atoms with Crippen LogP contribution in [0.4, 0.5) is 0 Å². The molecular formula is C17H20N2O4. The molecule has 2 aliphatic heterocycles. The molecule has 6 heteroatoms. The van der Waals surface area contributed by atoms with Gasteiger partial charge in [-0.05, 0) is 19.4 Å². The highest BCUT2D eigenvalue weighted by molar-refractivity contribution is 6.04. The van der Waals surface area contributed by atoms with E-state index in [1.54, 1.807) is 18.7 Å². The summed E-state index contributed by atoms with van der Waals surface area (Å²) in [5.74, 6) is -1.96. The lowest BCUT2D eigenvalue weighted by atomic mass is 9.97. The number of nitrogens with zero attached hydrogens (tertiary/aromatic N) is 1. The fraction of sp³-hybridized carbons (Fsp3) is 0.412. The maximum Gasteiger partial charge on any atom is 0.347 e. The Balaban J connectivity index is 2.17. The van der Waals surface area contributed by atoms with Crippen LogP contribution in [0, 0.1) is 5.41 Å². The number of ether oxygens (including phenoxy) is 2. The van der Waals surface area contributed by atoms with Crippen LogP contribution in [0.5, 0.6) is 0 Å². The Kier molecular flexibility index (Phi) is 3.35. The number of cyclic esters (lactones) is 1. The molecule has 0 fully saturated rings. The summed E-state index contributed by atoms with van der Waals surface area (Å²) in [5.41, 5.74) is 1.56. The van der Waals surface area contributed by atoms with Crippen molar-refractivity contribution in [3.63, 3.8) is 0 Å². The number of esters is 1. The third-order valence-electron chi connectivity index (χ3n) is 4.01. The van der Waals surface area contributed by atoms with Crippen molar-refractivity contribution < 1.29 is 19.4 Å². The molecule has 1 atom stereocenters. The van der Waals surface area contributed by atoms with Crippen LogP contribution >= 0.6 is 0 Å². The first-order valence-corrected chi connectivity index (χ1v) is 7.54. The number of amidine groups is 1. The lowest BCUT2D eigenvalue weighted by molar-refractivity contribution is -0.223. The van der Waals surface area contributed by atoms with E-state index in [1.165, 1.54) is 0 Å². The number of nitrogens with one attached hydrogen (secondary N) is 1. The topological polar surface area (TPSA) is 82.9 Å². The van der Waals surface area contributed by atoms with Crippen molar-refractivity contribution >= 4 is 11.8 Å². The number of fused-ring (bicyclic) bond motifs is 1. The minimum absolute atomic E-state index is 0.0349. The van der Waals surface area contributed by atoms with Gasteiger partial charge in [-0.15, -0.1) is 0 Å². The fourth-order valence-electron chi connectivity index (χ4n) is 3.12. The molecule has 0 saturated carbocycles. The van der Waals surface area contributed by atoms with Crippen LogP contribution in [-0.4, -0.2) is 33.6 Å². The van der Waals surface area contributed by atoms with E-state index < -0.39 is 23.7 Å².